The third-order valence-electron chi connectivity index (χ3n) is 2.82. The summed E-state index contributed by atoms with van der Waals surface area (Å²) in [6.07, 6.45) is 0.625. The summed E-state index contributed by atoms with van der Waals surface area (Å²) in [4.78, 5) is 23.8. The van der Waals surface area contributed by atoms with E-state index < -0.39 is 12.0 Å². The van der Waals surface area contributed by atoms with Crippen molar-refractivity contribution >= 4 is 12.4 Å². The van der Waals surface area contributed by atoms with Crippen LogP contribution >= 0.6 is 0 Å². The number of carbonyl (C=O) groups is 2. The lowest BCUT2D eigenvalue weighted by molar-refractivity contribution is -0.148. The van der Waals surface area contributed by atoms with Crippen LogP contribution in [0.15, 0.2) is 24.3 Å². The lowest BCUT2D eigenvalue weighted by Crippen LogP contribution is -2.38. The maximum atomic E-state index is 11.4. The number of carboxylic acids is 1. The summed E-state index contributed by atoms with van der Waals surface area (Å²) >= 11 is 0. The fraction of sp³-hybridized carbons (Fsp3) is 0.467. The van der Waals surface area contributed by atoms with Crippen molar-refractivity contribution in [3.8, 4) is 5.75 Å². The molecule has 0 bridgehead atoms. The van der Waals surface area contributed by atoms with E-state index in [1.807, 2.05) is 13.8 Å². The summed E-state index contributed by atoms with van der Waals surface area (Å²) < 4.78 is 5.51. The normalized spacial score (nSPS) is 12.3. The van der Waals surface area contributed by atoms with E-state index in [1.54, 1.807) is 38.1 Å². The zero-order valence-electron chi connectivity index (χ0n) is 12.2. The maximum Gasteiger partial charge on any atom is 0.331 e. The van der Waals surface area contributed by atoms with Crippen LogP contribution < -0.4 is 4.74 Å². The highest BCUT2D eigenvalue weighted by molar-refractivity contribution is 5.78. The maximum absolute atomic E-state index is 11.4. The van der Waals surface area contributed by atoms with Gasteiger partial charge in [0.15, 0.2) is 6.04 Å². The zero-order valence-corrected chi connectivity index (χ0v) is 12.2. The van der Waals surface area contributed by atoms with Gasteiger partial charge in [-0.25, -0.2) is 4.79 Å². The summed E-state index contributed by atoms with van der Waals surface area (Å²) in [5.41, 5.74) is 0.550. The van der Waals surface area contributed by atoms with Gasteiger partial charge in [-0.2, -0.15) is 0 Å². The molecule has 0 aliphatic rings. The molecule has 1 atom stereocenters. The minimum atomic E-state index is -1.05. The molecule has 0 saturated heterocycles. The van der Waals surface area contributed by atoms with Crippen molar-refractivity contribution in [2.75, 3.05) is 0 Å². The number of hydrogen-bond acceptors (Lipinski definition) is 3. The van der Waals surface area contributed by atoms with Gasteiger partial charge >= 0.3 is 5.97 Å². The molecule has 0 aromatic heterocycles. The third kappa shape index (κ3) is 3.98. The van der Waals surface area contributed by atoms with E-state index in [1.165, 1.54) is 4.90 Å². The number of rotatable bonds is 7. The summed E-state index contributed by atoms with van der Waals surface area (Å²) in [6, 6.07) is 5.61. The van der Waals surface area contributed by atoms with Crippen LogP contribution in [-0.2, 0) is 9.59 Å². The molecule has 1 unspecified atom stereocenters. The van der Waals surface area contributed by atoms with Crippen molar-refractivity contribution in [2.45, 2.75) is 45.9 Å². The molecule has 0 aliphatic carbocycles. The lowest BCUT2D eigenvalue weighted by Gasteiger charge is -2.29. The van der Waals surface area contributed by atoms with Gasteiger partial charge in [-0.3, -0.25) is 4.79 Å². The quantitative estimate of drug-likeness (QED) is 0.779. The first-order valence-electron chi connectivity index (χ1n) is 6.59. The number of carboxylic acid groups (broad SMARTS) is 1. The van der Waals surface area contributed by atoms with Gasteiger partial charge < -0.3 is 14.7 Å². The van der Waals surface area contributed by atoms with Gasteiger partial charge in [0.1, 0.15) is 5.75 Å². The predicted octanol–water partition coefficient (Wildman–Crippen LogP) is 2.47. The summed E-state index contributed by atoms with van der Waals surface area (Å²) in [5, 5.41) is 9.36. The minimum Gasteiger partial charge on any atom is -0.491 e. The Morgan fingerprint density at radius 3 is 2.10 bits per heavy atom. The molecule has 0 heterocycles. The number of nitrogens with zero attached hydrogens (tertiary/aromatic N) is 1. The van der Waals surface area contributed by atoms with Crippen molar-refractivity contribution in [1.29, 1.82) is 0 Å². The van der Waals surface area contributed by atoms with Gasteiger partial charge in [-0.05, 0) is 45.4 Å². The Morgan fingerprint density at radius 1 is 1.20 bits per heavy atom. The summed E-state index contributed by atoms with van der Waals surface area (Å²) in [6.45, 7) is 7.39. The average molecular weight is 279 g/mol. The average Bonchev–Trinajstić information content (AvgIpc) is 2.35. The van der Waals surface area contributed by atoms with Crippen LogP contribution in [0.25, 0.3) is 0 Å². The Kier molecular flexibility index (Phi) is 5.55. The van der Waals surface area contributed by atoms with Gasteiger partial charge in [-0.1, -0.05) is 12.1 Å². The van der Waals surface area contributed by atoms with E-state index in [0.29, 0.717) is 17.7 Å². The molecule has 5 heteroatoms. The highest BCUT2D eigenvalue weighted by atomic mass is 16.5. The van der Waals surface area contributed by atoms with Gasteiger partial charge in [0.05, 0.1) is 6.10 Å². The topological polar surface area (TPSA) is 66.8 Å². The van der Waals surface area contributed by atoms with Gasteiger partial charge in [0.2, 0.25) is 6.41 Å². The van der Waals surface area contributed by atoms with E-state index in [4.69, 9.17) is 4.74 Å². The standard InChI is InChI=1S/C15H21NO4/c1-10(2)16(9-17)14(15(18)19)12-5-7-13(8-6-12)20-11(3)4/h5-11,14H,1-4H3,(H,18,19). The molecule has 20 heavy (non-hydrogen) atoms. The van der Waals surface area contributed by atoms with Crippen molar-refractivity contribution < 1.29 is 19.4 Å². The molecule has 5 nitrogen and oxygen atoms in total. The number of benzene rings is 1. The Balaban J connectivity index is 3.04. The Labute approximate surface area is 119 Å². The van der Waals surface area contributed by atoms with E-state index in [-0.39, 0.29) is 12.1 Å². The van der Waals surface area contributed by atoms with Crippen LogP contribution in [0.3, 0.4) is 0 Å². The molecular formula is C15H21NO4. The highest BCUT2D eigenvalue weighted by Crippen LogP contribution is 2.24. The molecule has 1 rings (SSSR count). The van der Waals surface area contributed by atoms with Crippen molar-refractivity contribution in [1.82, 2.24) is 4.90 Å². The smallest absolute Gasteiger partial charge is 0.331 e. The number of ether oxygens (including phenoxy) is 1. The molecule has 0 spiro atoms. The molecule has 0 fully saturated rings. The van der Waals surface area contributed by atoms with Crippen molar-refractivity contribution in [3.05, 3.63) is 29.8 Å². The van der Waals surface area contributed by atoms with E-state index in [2.05, 4.69) is 0 Å². The van der Waals surface area contributed by atoms with Gasteiger partial charge in [0.25, 0.3) is 0 Å². The van der Waals surface area contributed by atoms with Crippen molar-refractivity contribution in [3.63, 3.8) is 0 Å². The molecule has 0 aliphatic heterocycles. The molecule has 0 saturated carbocycles. The molecular weight excluding hydrogens is 258 g/mol. The number of amides is 1. The van der Waals surface area contributed by atoms with E-state index >= 15 is 0 Å². The molecule has 1 amide bonds. The molecule has 110 valence electrons. The molecule has 0 radical (unpaired) electrons. The Hall–Kier alpha value is -2.04. The molecule has 1 aromatic carbocycles. The molecule has 1 aromatic rings. The van der Waals surface area contributed by atoms with E-state index in [0.717, 1.165) is 0 Å². The fourth-order valence-electron chi connectivity index (χ4n) is 1.92. The van der Waals surface area contributed by atoms with E-state index in [9.17, 15) is 14.7 Å². The SMILES string of the molecule is CC(C)Oc1ccc(C(C(=O)O)N(C=O)C(C)C)cc1. The first kappa shape index (κ1) is 16.0. The van der Waals surface area contributed by atoms with Crippen LogP contribution in [0.2, 0.25) is 0 Å². The van der Waals surface area contributed by atoms with Crippen LogP contribution in [-0.4, -0.2) is 34.5 Å². The number of aliphatic carboxylic acids is 1. The second-order valence-corrected chi connectivity index (χ2v) is 5.12. The zero-order chi connectivity index (χ0) is 15.3. The van der Waals surface area contributed by atoms with Crippen LogP contribution in [0, 0.1) is 0 Å². The molecule has 1 N–H and O–H groups in total. The number of carbonyl (C=O) groups excluding carboxylic acids is 1. The summed E-state index contributed by atoms with van der Waals surface area (Å²) in [7, 11) is 0. The first-order chi connectivity index (χ1) is 9.36. The second-order valence-electron chi connectivity index (χ2n) is 5.12. The Bertz CT molecular complexity index is 453. The fourth-order valence-corrected chi connectivity index (χ4v) is 1.92. The van der Waals surface area contributed by atoms with Crippen LogP contribution in [0.1, 0.15) is 39.3 Å². The monoisotopic (exact) mass is 279 g/mol. The summed E-state index contributed by atoms with van der Waals surface area (Å²) in [5.74, 6) is -0.376. The van der Waals surface area contributed by atoms with Crippen LogP contribution in [0.5, 0.6) is 5.75 Å². The minimum absolute atomic E-state index is 0.0539. The first-order valence-corrected chi connectivity index (χ1v) is 6.59. The number of hydrogen-bond donors (Lipinski definition) is 1. The largest absolute Gasteiger partial charge is 0.491 e. The van der Waals surface area contributed by atoms with Crippen LogP contribution in [0.4, 0.5) is 0 Å². The van der Waals surface area contributed by atoms with Gasteiger partial charge in [0, 0.05) is 6.04 Å². The third-order valence-corrected chi connectivity index (χ3v) is 2.82. The predicted molar refractivity (Wildman–Crippen MR) is 75.6 cm³/mol. The highest BCUT2D eigenvalue weighted by Gasteiger charge is 2.28. The Morgan fingerprint density at radius 2 is 1.75 bits per heavy atom. The van der Waals surface area contributed by atoms with Crippen molar-refractivity contribution in [2.24, 2.45) is 0 Å². The van der Waals surface area contributed by atoms with Gasteiger partial charge in [-0.15, -0.1) is 0 Å². The second kappa shape index (κ2) is 6.93. The lowest BCUT2D eigenvalue weighted by atomic mass is 10.0.